The SMILES string of the molecule is O=C(O)c1oc(-c2cc(Br)ccc2Br)nc1C(F)(F)F. The number of hydrogen-bond acceptors (Lipinski definition) is 3. The second-order valence-corrected chi connectivity index (χ2v) is 5.39. The summed E-state index contributed by atoms with van der Waals surface area (Å²) in [6.45, 7) is 0. The number of aromatic nitrogens is 1. The van der Waals surface area contributed by atoms with E-state index >= 15 is 0 Å². The summed E-state index contributed by atoms with van der Waals surface area (Å²) in [7, 11) is 0. The van der Waals surface area contributed by atoms with Crippen LogP contribution in [0.3, 0.4) is 0 Å². The number of hydrogen-bond donors (Lipinski definition) is 1. The van der Waals surface area contributed by atoms with Crippen molar-refractivity contribution in [3.8, 4) is 11.5 Å². The summed E-state index contributed by atoms with van der Waals surface area (Å²) in [5.74, 6) is -3.50. The van der Waals surface area contributed by atoms with Crippen molar-refractivity contribution in [3.05, 3.63) is 38.6 Å². The van der Waals surface area contributed by atoms with Gasteiger partial charge in [0.15, 0.2) is 5.69 Å². The van der Waals surface area contributed by atoms with Gasteiger partial charge < -0.3 is 9.52 Å². The van der Waals surface area contributed by atoms with E-state index in [2.05, 4.69) is 36.8 Å². The van der Waals surface area contributed by atoms with E-state index in [-0.39, 0.29) is 5.56 Å². The van der Waals surface area contributed by atoms with Gasteiger partial charge in [0.1, 0.15) is 0 Å². The summed E-state index contributed by atoms with van der Waals surface area (Å²) in [4.78, 5) is 14.1. The molecule has 0 aliphatic rings. The molecule has 1 heterocycles. The maximum Gasteiger partial charge on any atom is 0.437 e. The molecule has 0 aliphatic heterocycles. The van der Waals surface area contributed by atoms with Gasteiger partial charge in [0.2, 0.25) is 11.7 Å². The molecular formula is C11H4Br2F3NO3. The molecule has 0 saturated heterocycles. The summed E-state index contributed by atoms with van der Waals surface area (Å²) in [6.07, 6.45) is -4.91. The van der Waals surface area contributed by atoms with Gasteiger partial charge in [-0.05, 0) is 34.1 Å². The third-order valence-electron chi connectivity index (χ3n) is 2.25. The Morgan fingerprint density at radius 3 is 2.45 bits per heavy atom. The fourth-order valence-corrected chi connectivity index (χ4v) is 2.21. The minimum absolute atomic E-state index is 0.206. The molecule has 0 fully saturated rings. The van der Waals surface area contributed by atoms with Crippen LogP contribution < -0.4 is 0 Å². The first-order valence-corrected chi connectivity index (χ1v) is 6.55. The third kappa shape index (κ3) is 2.88. The lowest BCUT2D eigenvalue weighted by Crippen LogP contribution is -2.11. The molecule has 1 aromatic carbocycles. The number of alkyl halides is 3. The first-order chi connectivity index (χ1) is 9.20. The van der Waals surface area contributed by atoms with E-state index in [0.717, 1.165) is 0 Å². The number of halogens is 5. The molecule has 2 aromatic rings. The van der Waals surface area contributed by atoms with Crippen LogP contribution in [-0.2, 0) is 6.18 Å². The lowest BCUT2D eigenvalue weighted by Gasteiger charge is -2.01. The summed E-state index contributed by atoms with van der Waals surface area (Å²) in [5, 5.41) is 8.76. The lowest BCUT2D eigenvalue weighted by atomic mass is 10.2. The van der Waals surface area contributed by atoms with Gasteiger partial charge in [-0.3, -0.25) is 0 Å². The highest BCUT2D eigenvalue weighted by Crippen LogP contribution is 2.37. The molecule has 1 N–H and O–H groups in total. The van der Waals surface area contributed by atoms with Crippen molar-refractivity contribution < 1.29 is 27.5 Å². The topological polar surface area (TPSA) is 63.3 Å². The molecule has 0 spiro atoms. The largest absolute Gasteiger partial charge is 0.475 e. The van der Waals surface area contributed by atoms with Crippen molar-refractivity contribution in [2.45, 2.75) is 6.18 Å². The zero-order valence-electron chi connectivity index (χ0n) is 9.33. The Bertz CT molecular complexity index is 682. The van der Waals surface area contributed by atoms with Crippen LogP contribution in [-0.4, -0.2) is 16.1 Å². The second-order valence-electron chi connectivity index (χ2n) is 3.62. The number of oxazole rings is 1. The Morgan fingerprint density at radius 2 is 1.95 bits per heavy atom. The van der Waals surface area contributed by atoms with Crippen LogP contribution in [0, 0.1) is 0 Å². The maximum atomic E-state index is 12.7. The molecule has 0 amide bonds. The highest BCUT2D eigenvalue weighted by molar-refractivity contribution is 9.11. The van der Waals surface area contributed by atoms with E-state index in [0.29, 0.717) is 8.95 Å². The van der Waals surface area contributed by atoms with Gasteiger partial charge in [-0.2, -0.15) is 13.2 Å². The Labute approximate surface area is 126 Å². The van der Waals surface area contributed by atoms with Crippen LogP contribution in [0.15, 0.2) is 31.6 Å². The van der Waals surface area contributed by atoms with Crippen molar-refractivity contribution in [2.24, 2.45) is 0 Å². The molecule has 0 radical (unpaired) electrons. The van der Waals surface area contributed by atoms with Crippen molar-refractivity contribution >= 4 is 37.8 Å². The van der Waals surface area contributed by atoms with Crippen molar-refractivity contribution in [1.29, 1.82) is 0 Å². The van der Waals surface area contributed by atoms with Crippen LogP contribution >= 0.6 is 31.9 Å². The van der Waals surface area contributed by atoms with Crippen LogP contribution in [0.5, 0.6) is 0 Å². The van der Waals surface area contributed by atoms with Crippen LogP contribution in [0.25, 0.3) is 11.5 Å². The zero-order chi connectivity index (χ0) is 15.1. The van der Waals surface area contributed by atoms with Gasteiger partial charge in [-0.25, -0.2) is 9.78 Å². The van der Waals surface area contributed by atoms with E-state index in [9.17, 15) is 18.0 Å². The monoisotopic (exact) mass is 413 g/mol. The maximum absolute atomic E-state index is 12.7. The summed E-state index contributed by atoms with van der Waals surface area (Å²) in [5.41, 5.74) is -1.36. The first kappa shape index (κ1) is 15.0. The van der Waals surface area contributed by atoms with Gasteiger partial charge in [0.25, 0.3) is 0 Å². The molecule has 20 heavy (non-hydrogen) atoms. The molecule has 0 atom stereocenters. The Morgan fingerprint density at radius 1 is 1.30 bits per heavy atom. The molecule has 1 aromatic heterocycles. The van der Waals surface area contributed by atoms with Crippen LogP contribution in [0.4, 0.5) is 13.2 Å². The third-order valence-corrected chi connectivity index (χ3v) is 3.43. The van der Waals surface area contributed by atoms with Crippen molar-refractivity contribution in [3.63, 3.8) is 0 Å². The number of carboxylic acid groups (broad SMARTS) is 1. The Balaban J connectivity index is 2.65. The molecule has 2 rings (SSSR count). The van der Waals surface area contributed by atoms with Gasteiger partial charge in [-0.1, -0.05) is 15.9 Å². The minimum atomic E-state index is -4.91. The molecule has 0 saturated carbocycles. The highest BCUT2D eigenvalue weighted by atomic mass is 79.9. The minimum Gasteiger partial charge on any atom is -0.475 e. The quantitative estimate of drug-likeness (QED) is 0.780. The van der Waals surface area contributed by atoms with Crippen molar-refractivity contribution in [1.82, 2.24) is 4.98 Å². The van der Waals surface area contributed by atoms with Crippen LogP contribution in [0.2, 0.25) is 0 Å². The Hall–Kier alpha value is -1.35. The average Bonchev–Trinajstić information content (AvgIpc) is 2.77. The molecule has 9 heteroatoms. The predicted octanol–water partition coefficient (Wildman–Crippen LogP) is 4.58. The first-order valence-electron chi connectivity index (χ1n) is 4.97. The predicted molar refractivity (Wildman–Crippen MR) is 69.3 cm³/mol. The molecule has 106 valence electrons. The van der Waals surface area contributed by atoms with E-state index in [4.69, 9.17) is 9.52 Å². The summed E-state index contributed by atoms with van der Waals surface area (Å²) >= 11 is 6.30. The summed E-state index contributed by atoms with van der Waals surface area (Å²) < 4.78 is 43.9. The van der Waals surface area contributed by atoms with Gasteiger partial charge >= 0.3 is 12.1 Å². The fraction of sp³-hybridized carbons (Fsp3) is 0.0909. The van der Waals surface area contributed by atoms with E-state index < -0.39 is 29.5 Å². The van der Waals surface area contributed by atoms with Gasteiger partial charge in [-0.15, -0.1) is 0 Å². The zero-order valence-corrected chi connectivity index (χ0v) is 12.5. The fourth-order valence-electron chi connectivity index (χ4n) is 1.43. The standard InChI is InChI=1S/C11H4Br2F3NO3/c12-4-1-2-6(13)5(3-4)9-17-8(11(14,15)16)7(20-9)10(18)19/h1-3H,(H,18,19). The highest BCUT2D eigenvalue weighted by Gasteiger charge is 2.41. The smallest absolute Gasteiger partial charge is 0.437 e. The average molecular weight is 415 g/mol. The second kappa shape index (κ2) is 5.21. The van der Waals surface area contributed by atoms with Crippen LogP contribution in [0.1, 0.15) is 16.2 Å². The normalized spacial score (nSPS) is 11.7. The Kier molecular flexibility index (Phi) is 3.92. The number of benzene rings is 1. The van der Waals surface area contributed by atoms with E-state index in [1.54, 1.807) is 12.1 Å². The lowest BCUT2D eigenvalue weighted by molar-refractivity contribution is -0.141. The molecular weight excluding hydrogens is 411 g/mol. The van der Waals surface area contributed by atoms with Gasteiger partial charge in [0.05, 0.1) is 5.56 Å². The molecule has 0 unspecified atom stereocenters. The summed E-state index contributed by atoms with van der Waals surface area (Å²) in [6, 6.07) is 4.68. The number of rotatable bonds is 2. The molecule has 0 aliphatic carbocycles. The number of aromatic carboxylic acids is 1. The molecule has 0 bridgehead atoms. The molecule has 4 nitrogen and oxygen atoms in total. The number of carbonyl (C=O) groups is 1. The number of nitrogens with zero attached hydrogens (tertiary/aromatic N) is 1. The van der Waals surface area contributed by atoms with E-state index in [1.807, 2.05) is 0 Å². The van der Waals surface area contributed by atoms with Crippen molar-refractivity contribution in [2.75, 3.05) is 0 Å². The van der Waals surface area contributed by atoms with E-state index in [1.165, 1.54) is 6.07 Å². The van der Waals surface area contributed by atoms with Gasteiger partial charge in [0, 0.05) is 8.95 Å². The number of carboxylic acids is 1.